The first-order chi connectivity index (χ1) is 7.36. The highest BCUT2D eigenvalue weighted by atomic mass is 32.1. The molecular formula is C12H14N2S. The molecule has 0 radical (unpaired) electrons. The van der Waals surface area contributed by atoms with Crippen LogP contribution in [0.3, 0.4) is 0 Å². The zero-order valence-corrected chi connectivity index (χ0v) is 9.39. The Morgan fingerprint density at radius 3 is 3.13 bits per heavy atom. The summed E-state index contributed by atoms with van der Waals surface area (Å²) in [6, 6.07) is 8.95. The number of nitrogens with zero attached hydrogens (tertiary/aromatic N) is 1. The summed E-state index contributed by atoms with van der Waals surface area (Å²) in [5.41, 5.74) is 2.38. The molecule has 1 aromatic carbocycles. The van der Waals surface area contributed by atoms with Crippen LogP contribution >= 0.6 is 12.2 Å². The molecule has 0 bridgehead atoms. The van der Waals surface area contributed by atoms with Crippen molar-refractivity contribution >= 4 is 22.9 Å². The average molecular weight is 218 g/mol. The van der Waals surface area contributed by atoms with E-state index in [2.05, 4.69) is 34.5 Å². The van der Waals surface area contributed by atoms with Gasteiger partial charge in [-0.3, -0.25) is 0 Å². The van der Waals surface area contributed by atoms with Crippen LogP contribution in [-0.2, 0) is 0 Å². The fourth-order valence-corrected chi connectivity index (χ4v) is 2.94. The van der Waals surface area contributed by atoms with Crippen LogP contribution in [0.4, 0.5) is 5.69 Å². The molecular weight excluding hydrogens is 204 g/mol. The molecule has 0 aromatic heterocycles. The van der Waals surface area contributed by atoms with Crippen LogP contribution in [0.15, 0.2) is 24.3 Å². The number of fused-ring (bicyclic) bond motifs is 2. The third-order valence-corrected chi connectivity index (χ3v) is 3.78. The number of rotatable bonds is 0. The van der Waals surface area contributed by atoms with E-state index in [1.807, 2.05) is 0 Å². The lowest BCUT2D eigenvalue weighted by Crippen LogP contribution is -2.36. The number of anilines is 1. The first-order valence-electron chi connectivity index (χ1n) is 5.50. The van der Waals surface area contributed by atoms with Gasteiger partial charge in [-0.25, -0.2) is 0 Å². The Bertz CT molecular complexity index is 402. The molecule has 3 rings (SSSR count). The minimum absolute atomic E-state index is 0.602. The second-order valence-corrected chi connectivity index (χ2v) is 4.61. The van der Waals surface area contributed by atoms with Crippen molar-refractivity contribution in [2.24, 2.45) is 0 Å². The van der Waals surface area contributed by atoms with Crippen LogP contribution in [0, 0.1) is 0 Å². The molecule has 78 valence electrons. The number of para-hydroxylation sites is 1. The van der Waals surface area contributed by atoms with Crippen LogP contribution in [0.5, 0.6) is 0 Å². The predicted molar refractivity (Wildman–Crippen MR) is 66.4 cm³/mol. The molecule has 1 saturated heterocycles. The van der Waals surface area contributed by atoms with Crippen molar-refractivity contribution in [1.82, 2.24) is 4.90 Å². The van der Waals surface area contributed by atoms with Gasteiger partial charge in [0.15, 0.2) is 0 Å². The SMILES string of the molecule is S=C1c2ccccc2NCC2CCCN12. The zero-order valence-electron chi connectivity index (χ0n) is 8.57. The quantitative estimate of drug-likeness (QED) is 0.672. The molecule has 15 heavy (non-hydrogen) atoms. The first kappa shape index (κ1) is 9.16. The maximum Gasteiger partial charge on any atom is 0.111 e. The molecule has 0 saturated carbocycles. The second-order valence-electron chi connectivity index (χ2n) is 4.22. The zero-order chi connectivity index (χ0) is 10.3. The minimum atomic E-state index is 0.602. The molecule has 2 aliphatic heterocycles. The molecule has 1 N–H and O–H groups in total. The van der Waals surface area contributed by atoms with Gasteiger partial charge in [0, 0.05) is 30.4 Å². The van der Waals surface area contributed by atoms with Gasteiger partial charge >= 0.3 is 0 Å². The number of hydrogen-bond donors (Lipinski definition) is 1. The van der Waals surface area contributed by atoms with Crippen LogP contribution < -0.4 is 5.32 Å². The molecule has 1 aromatic rings. The van der Waals surface area contributed by atoms with E-state index in [-0.39, 0.29) is 0 Å². The first-order valence-corrected chi connectivity index (χ1v) is 5.91. The van der Waals surface area contributed by atoms with Gasteiger partial charge in [-0.15, -0.1) is 0 Å². The van der Waals surface area contributed by atoms with Gasteiger partial charge < -0.3 is 10.2 Å². The van der Waals surface area contributed by atoms with E-state index < -0.39 is 0 Å². The Morgan fingerprint density at radius 1 is 1.33 bits per heavy atom. The smallest absolute Gasteiger partial charge is 0.111 e. The molecule has 1 fully saturated rings. The summed E-state index contributed by atoms with van der Waals surface area (Å²) in [5.74, 6) is 0. The normalized spacial score (nSPS) is 24.1. The molecule has 2 aliphatic rings. The van der Waals surface area contributed by atoms with Crippen molar-refractivity contribution in [2.75, 3.05) is 18.4 Å². The summed E-state index contributed by atoms with van der Waals surface area (Å²) >= 11 is 5.57. The highest BCUT2D eigenvalue weighted by molar-refractivity contribution is 7.80. The Kier molecular flexibility index (Phi) is 2.13. The number of nitrogens with one attached hydrogen (secondary N) is 1. The van der Waals surface area contributed by atoms with Crippen molar-refractivity contribution in [3.8, 4) is 0 Å². The van der Waals surface area contributed by atoms with E-state index in [1.54, 1.807) is 0 Å². The summed E-state index contributed by atoms with van der Waals surface area (Å²) in [6.07, 6.45) is 2.54. The Morgan fingerprint density at radius 2 is 2.20 bits per heavy atom. The van der Waals surface area contributed by atoms with Gasteiger partial charge in [0.25, 0.3) is 0 Å². The van der Waals surface area contributed by atoms with E-state index in [1.165, 1.54) is 24.1 Å². The monoisotopic (exact) mass is 218 g/mol. The van der Waals surface area contributed by atoms with E-state index in [0.29, 0.717) is 6.04 Å². The minimum Gasteiger partial charge on any atom is -0.382 e. The molecule has 1 unspecified atom stereocenters. The van der Waals surface area contributed by atoms with Crippen LogP contribution in [-0.4, -0.2) is 29.0 Å². The van der Waals surface area contributed by atoms with E-state index >= 15 is 0 Å². The maximum absolute atomic E-state index is 5.57. The van der Waals surface area contributed by atoms with Gasteiger partial charge in [-0.05, 0) is 25.0 Å². The second kappa shape index (κ2) is 3.49. The number of hydrogen-bond acceptors (Lipinski definition) is 2. The Balaban J connectivity index is 2.04. The molecule has 2 heterocycles. The summed E-state index contributed by atoms with van der Waals surface area (Å²) in [4.78, 5) is 3.41. The standard InChI is InChI=1S/C12H14N2S/c15-12-10-5-1-2-6-11(10)13-8-9-4-3-7-14(9)12/h1-2,5-6,9,13H,3-4,7-8H2. The van der Waals surface area contributed by atoms with Crippen LogP contribution in [0.2, 0.25) is 0 Å². The molecule has 0 aliphatic carbocycles. The van der Waals surface area contributed by atoms with Gasteiger partial charge in [-0.2, -0.15) is 0 Å². The summed E-state index contributed by atoms with van der Waals surface area (Å²) in [6.45, 7) is 2.15. The van der Waals surface area contributed by atoms with E-state index in [4.69, 9.17) is 12.2 Å². The van der Waals surface area contributed by atoms with Gasteiger partial charge in [0.2, 0.25) is 0 Å². The molecule has 3 heteroatoms. The van der Waals surface area contributed by atoms with Gasteiger partial charge in [0.1, 0.15) is 4.99 Å². The third kappa shape index (κ3) is 1.42. The van der Waals surface area contributed by atoms with Crippen molar-refractivity contribution < 1.29 is 0 Å². The van der Waals surface area contributed by atoms with Crippen molar-refractivity contribution in [3.63, 3.8) is 0 Å². The summed E-state index contributed by atoms with van der Waals surface area (Å²) in [7, 11) is 0. The van der Waals surface area contributed by atoms with Gasteiger partial charge in [0.05, 0.1) is 0 Å². The summed E-state index contributed by atoms with van der Waals surface area (Å²) in [5, 5.41) is 3.50. The highest BCUT2D eigenvalue weighted by Gasteiger charge is 2.30. The third-order valence-electron chi connectivity index (χ3n) is 3.32. The fourth-order valence-electron chi connectivity index (χ4n) is 2.52. The molecule has 0 amide bonds. The lowest BCUT2D eigenvalue weighted by molar-refractivity contribution is 0.414. The van der Waals surface area contributed by atoms with Crippen molar-refractivity contribution in [2.45, 2.75) is 18.9 Å². The largest absolute Gasteiger partial charge is 0.382 e. The predicted octanol–water partition coefficient (Wildman–Crippen LogP) is 2.25. The fraction of sp³-hybridized carbons (Fsp3) is 0.417. The summed E-state index contributed by atoms with van der Waals surface area (Å²) < 4.78 is 0. The maximum atomic E-state index is 5.57. The highest BCUT2D eigenvalue weighted by Crippen LogP contribution is 2.28. The van der Waals surface area contributed by atoms with Crippen LogP contribution in [0.1, 0.15) is 18.4 Å². The molecule has 1 atom stereocenters. The average Bonchev–Trinajstić information content (AvgIpc) is 2.69. The Labute approximate surface area is 95.3 Å². The van der Waals surface area contributed by atoms with Crippen molar-refractivity contribution in [1.29, 1.82) is 0 Å². The molecule has 2 nitrogen and oxygen atoms in total. The Hall–Kier alpha value is -1.09. The lowest BCUT2D eigenvalue weighted by atomic mass is 10.1. The number of thiocarbonyl (C=S) groups is 1. The molecule has 0 spiro atoms. The van der Waals surface area contributed by atoms with E-state index in [0.717, 1.165) is 18.1 Å². The van der Waals surface area contributed by atoms with E-state index in [9.17, 15) is 0 Å². The van der Waals surface area contributed by atoms with Gasteiger partial charge in [-0.1, -0.05) is 24.4 Å². The topological polar surface area (TPSA) is 15.3 Å². The lowest BCUT2D eigenvalue weighted by Gasteiger charge is -2.23. The van der Waals surface area contributed by atoms with Crippen molar-refractivity contribution in [3.05, 3.63) is 29.8 Å². The van der Waals surface area contributed by atoms with Crippen LogP contribution in [0.25, 0.3) is 0 Å². The number of benzene rings is 1.